The molecule has 4 nitrogen and oxygen atoms in total. The van der Waals surface area contributed by atoms with Crippen molar-refractivity contribution in [1.29, 1.82) is 0 Å². The van der Waals surface area contributed by atoms with Gasteiger partial charge in [0.25, 0.3) is 0 Å². The van der Waals surface area contributed by atoms with E-state index in [4.69, 9.17) is 0 Å². The van der Waals surface area contributed by atoms with Crippen molar-refractivity contribution in [1.82, 2.24) is 20.0 Å². The van der Waals surface area contributed by atoms with Crippen LogP contribution in [0, 0.1) is 5.41 Å². The lowest BCUT2D eigenvalue weighted by molar-refractivity contribution is 0.0231. The Hall–Kier alpha value is -0.870. The van der Waals surface area contributed by atoms with E-state index in [1.54, 1.807) is 0 Å². The Morgan fingerprint density at radius 3 is 2.67 bits per heavy atom. The van der Waals surface area contributed by atoms with Crippen LogP contribution in [0.3, 0.4) is 0 Å². The van der Waals surface area contributed by atoms with Crippen LogP contribution < -0.4 is 5.32 Å². The predicted molar refractivity (Wildman–Crippen MR) is 88.4 cm³/mol. The Bertz CT molecular complexity index is 460. The summed E-state index contributed by atoms with van der Waals surface area (Å²) in [6, 6.07) is 0.561. The largest absolute Gasteiger partial charge is 0.310 e. The zero-order chi connectivity index (χ0) is 15.7. The van der Waals surface area contributed by atoms with Crippen LogP contribution in [0.1, 0.15) is 46.6 Å². The number of aryl methyl sites for hydroxylation is 1. The van der Waals surface area contributed by atoms with Gasteiger partial charge < -0.3 is 5.32 Å². The third-order valence-corrected chi connectivity index (χ3v) is 5.13. The van der Waals surface area contributed by atoms with E-state index in [2.05, 4.69) is 56.1 Å². The van der Waals surface area contributed by atoms with Crippen LogP contribution in [0.2, 0.25) is 0 Å². The van der Waals surface area contributed by atoms with Crippen LogP contribution in [0.5, 0.6) is 0 Å². The Labute approximate surface area is 129 Å². The highest BCUT2D eigenvalue weighted by Crippen LogP contribution is 2.29. The lowest BCUT2D eigenvalue weighted by atomic mass is 9.81. The molecule has 0 amide bonds. The molecule has 0 bridgehead atoms. The highest BCUT2D eigenvalue weighted by Gasteiger charge is 2.39. The molecule has 0 radical (unpaired) electrons. The second kappa shape index (κ2) is 6.09. The first-order valence-electron chi connectivity index (χ1n) is 8.20. The summed E-state index contributed by atoms with van der Waals surface area (Å²) in [5, 5.41) is 8.05. The average Bonchev–Trinajstić information content (AvgIpc) is 2.82. The number of hydrogen-bond donors (Lipinski definition) is 1. The minimum atomic E-state index is 0.268. The Morgan fingerprint density at radius 2 is 2.14 bits per heavy atom. The topological polar surface area (TPSA) is 33.1 Å². The zero-order valence-electron chi connectivity index (χ0n) is 14.6. The molecule has 0 aromatic carbocycles. The number of nitrogens with zero attached hydrogens (tertiary/aromatic N) is 3. The van der Waals surface area contributed by atoms with E-state index in [-0.39, 0.29) is 5.54 Å². The normalized spacial score (nSPS) is 28.0. The number of piperazine rings is 1. The lowest BCUT2D eigenvalue weighted by Crippen LogP contribution is -2.65. The fourth-order valence-corrected chi connectivity index (χ4v) is 3.12. The number of rotatable bonds is 4. The molecule has 1 N–H and O–H groups in total. The average molecular weight is 292 g/mol. The van der Waals surface area contributed by atoms with Gasteiger partial charge in [-0.05, 0) is 30.7 Å². The van der Waals surface area contributed by atoms with Crippen LogP contribution >= 0.6 is 0 Å². The number of aromatic nitrogens is 2. The fourth-order valence-electron chi connectivity index (χ4n) is 3.12. The summed E-state index contributed by atoms with van der Waals surface area (Å²) in [6.07, 6.45) is 6.39. The maximum atomic E-state index is 4.28. The molecule has 120 valence electrons. The zero-order valence-corrected chi connectivity index (χ0v) is 14.6. The van der Waals surface area contributed by atoms with Gasteiger partial charge >= 0.3 is 0 Å². The van der Waals surface area contributed by atoms with E-state index in [9.17, 15) is 0 Å². The highest BCUT2D eigenvalue weighted by atomic mass is 15.3. The predicted octanol–water partition coefficient (Wildman–Crippen LogP) is 2.45. The highest BCUT2D eigenvalue weighted by molar-refractivity contribution is 5.06. The summed E-state index contributed by atoms with van der Waals surface area (Å²) in [4.78, 5) is 2.69. The molecule has 4 heteroatoms. The van der Waals surface area contributed by atoms with Crippen LogP contribution in [0.15, 0.2) is 12.4 Å². The van der Waals surface area contributed by atoms with Crippen molar-refractivity contribution in [2.75, 3.05) is 19.6 Å². The third-order valence-electron chi connectivity index (χ3n) is 5.13. The lowest BCUT2D eigenvalue weighted by Gasteiger charge is -2.51. The third kappa shape index (κ3) is 3.86. The van der Waals surface area contributed by atoms with Crippen molar-refractivity contribution < 1.29 is 0 Å². The molecule has 2 heterocycles. The van der Waals surface area contributed by atoms with Gasteiger partial charge in [0.2, 0.25) is 0 Å². The standard InChI is InChI=1S/C17H32N4/c1-7-17(5)13-18-15(16(2,3)4)12-21(17)9-8-14-10-19-20(6)11-14/h10-11,15,18H,7-9,12-13H2,1-6H3. The molecule has 0 saturated carbocycles. The second-order valence-corrected chi connectivity index (χ2v) is 7.87. The van der Waals surface area contributed by atoms with Crippen molar-refractivity contribution in [3.63, 3.8) is 0 Å². The van der Waals surface area contributed by atoms with Gasteiger partial charge in [-0.15, -0.1) is 0 Å². The molecule has 1 aromatic rings. The number of hydrogen-bond acceptors (Lipinski definition) is 3. The molecule has 2 rings (SSSR count). The monoisotopic (exact) mass is 292 g/mol. The smallest absolute Gasteiger partial charge is 0.0522 e. The summed E-state index contributed by atoms with van der Waals surface area (Å²) in [7, 11) is 1.99. The minimum absolute atomic E-state index is 0.268. The maximum absolute atomic E-state index is 4.28. The molecule has 1 aromatic heterocycles. The molecule has 1 aliphatic rings. The van der Waals surface area contributed by atoms with Gasteiger partial charge in [0.05, 0.1) is 6.20 Å². The van der Waals surface area contributed by atoms with Crippen molar-refractivity contribution in [3.8, 4) is 0 Å². The first-order chi connectivity index (χ1) is 9.74. The quantitative estimate of drug-likeness (QED) is 0.925. The molecule has 1 fully saturated rings. The molecule has 2 atom stereocenters. The van der Waals surface area contributed by atoms with Gasteiger partial charge in [-0.25, -0.2) is 0 Å². The SMILES string of the molecule is CCC1(C)CNC(C(C)(C)C)CN1CCc1cnn(C)c1. The second-order valence-electron chi connectivity index (χ2n) is 7.87. The van der Waals surface area contributed by atoms with Crippen molar-refractivity contribution >= 4 is 0 Å². The van der Waals surface area contributed by atoms with Gasteiger partial charge in [0.1, 0.15) is 0 Å². The summed E-state index contributed by atoms with van der Waals surface area (Å²) in [6.45, 7) is 15.0. The minimum Gasteiger partial charge on any atom is -0.310 e. The summed E-state index contributed by atoms with van der Waals surface area (Å²) < 4.78 is 1.89. The first-order valence-corrected chi connectivity index (χ1v) is 8.20. The van der Waals surface area contributed by atoms with Gasteiger partial charge in [-0.3, -0.25) is 9.58 Å². The van der Waals surface area contributed by atoms with Gasteiger partial charge in [0.15, 0.2) is 0 Å². The number of nitrogens with one attached hydrogen (secondary N) is 1. The van der Waals surface area contributed by atoms with Crippen molar-refractivity contribution in [2.24, 2.45) is 12.5 Å². The molecule has 2 unspecified atom stereocenters. The molecule has 21 heavy (non-hydrogen) atoms. The Balaban J connectivity index is 2.04. The van der Waals surface area contributed by atoms with Crippen LogP contribution in [-0.2, 0) is 13.5 Å². The van der Waals surface area contributed by atoms with E-state index < -0.39 is 0 Å². The summed E-state index contributed by atoms with van der Waals surface area (Å²) in [5.41, 5.74) is 1.91. The fraction of sp³-hybridized carbons (Fsp3) is 0.824. The first kappa shape index (κ1) is 16.5. The van der Waals surface area contributed by atoms with Crippen molar-refractivity contribution in [2.45, 2.75) is 59.0 Å². The van der Waals surface area contributed by atoms with Gasteiger partial charge in [-0.2, -0.15) is 5.10 Å². The van der Waals surface area contributed by atoms with E-state index >= 15 is 0 Å². The van der Waals surface area contributed by atoms with E-state index in [1.807, 2.05) is 17.9 Å². The summed E-state index contributed by atoms with van der Waals surface area (Å²) >= 11 is 0. The molecule has 0 aliphatic carbocycles. The molecular formula is C17H32N4. The summed E-state index contributed by atoms with van der Waals surface area (Å²) in [5.74, 6) is 0. The Morgan fingerprint density at radius 1 is 1.43 bits per heavy atom. The maximum Gasteiger partial charge on any atom is 0.0522 e. The van der Waals surface area contributed by atoms with Crippen LogP contribution in [0.25, 0.3) is 0 Å². The van der Waals surface area contributed by atoms with Gasteiger partial charge in [0, 0.05) is 44.5 Å². The van der Waals surface area contributed by atoms with Crippen LogP contribution in [-0.4, -0.2) is 45.9 Å². The Kier molecular flexibility index (Phi) is 4.79. The molecular weight excluding hydrogens is 260 g/mol. The van der Waals surface area contributed by atoms with E-state index in [0.29, 0.717) is 11.5 Å². The van der Waals surface area contributed by atoms with Gasteiger partial charge in [-0.1, -0.05) is 27.7 Å². The molecule has 1 saturated heterocycles. The van der Waals surface area contributed by atoms with E-state index in [1.165, 1.54) is 12.0 Å². The van der Waals surface area contributed by atoms with Crippen molar-refractivity contribution in [3.05, 3.63) is 18.0 Å². The molecule has 0 spiro atoms. The van der Waals surface area contributed by atoms with E-state index in [0.717, 1.165) is 26.1 Å². The van der Waals surface area contributed by atoms with Crippen LogP contribution in [0.4, 0.5) is 0 Å². The molecule has 1 aliphatic heterocycles.